The van der Waals surface area contributed by atoms with Crippen LogP contribution in [-0.4, -0.2) is 33.2 Å². The quantitative estimate of drug-likeness (QED) is 0.145. The van der Waals surface area contributed by atoms with Gasteiger partial charge in [0.15, 0.2) is 5.82 Å². The molecular formula is C89H67N7. The summed E-state index contributed by atoms with van der Waals surface area (Å²) in [6, 6.07) is 96.7. The number of aryl methyl sites for hydroxylation is 8. The monoisotopic (exact) mass is 1230 g/mol. The first-order valence-electron chi connectivity index (χ1n) is 33.2. The van der Waals surface area contributed by atoms with Crippen LogP contribution in [0, 0.1) is 55.4 Å². The lowest BCUT2D eigenvalue weighted by Crippen LogP contribution is -2.17. The summed E-state index contributed by atoms with van der Waals surface area (Å²) in [7, 11) is 0. The van der Waals surface area contributed by atoms with Crippen molar-refractivity contribution in [3.63, 3.8) is 0 Å². The molecule has 12 aromatic carbocycles. The maximum absolute atomic E-state index is 6.12. The molecule has 0 saturated carbocycles. The van der Waals surface area contributed by atoms with Gasteiger partial charge in [-0.3, -0.25) is 0 Å². The lowest BCUT2D eigenvalue weighted by molar-refractivity contribution is 1.03. The topological polar surface area (TPSA) is 58.4 Å². The van der Waals surface area contributed by atoms with E-state index in [-0.39, 0.29) is 0 Å². The van der Waals surface area contributed by atoms with Crippen molar-refractivity contribution >= 4 is 87.2 Å². The summed E-state index contributed by atoms with van der Waals surface area (Å²) in [6.07, 6.45) is 0. The highest BCUT2D eigenvalue weighted by Crippen LogP contribution is 2.55. The normalized spacial score (nSPS) is 12.0. The third-order valence-corrected chi connectivity index (χ3v) is 19.8. The Morgan fingerprint density at radius 3 is 0.771 bits per heavy atom. The van der Waals surface area contributed by atoms with Crippen molar-refractivity contribution < 1.29 is 0 Å². The molecule has 0 saturated heterocycles. The van der Waals surface area contributed by atoms with Gasteiger partial charge in [-0.2, -0.15) is 0 Å². The number of rotatable bonds is 9. The fourth-order valence-electron chi connectivity index (χ4n) is 15.4. The van der Waals surface area contributed by atoms with Gasteiger partial charge in [-0.05, 0) is 171 Å². The van der Waals surface area contributed by atoms with E-state index in [1.54, 1.807) is 0 Å². The van der Waals surface area contributed by atoms with Gasteiger partial charge in [0, 0.05) is 59.8 Å². The largest absolute Gasteiger partial charge is 0.308 e. The second-order valence-electron chi connectivity index (χ2n) is 26.6. The van der Waals surface area contributed by atoms with Crippen LogP contribution in [0.1, 0.15) is 44.5 Å². The van der Waals surface area contributed by atoms with Crippen molar-refractivity contribution in [1.29, 1.82) is 0 Å². The van der Waals surface area contributed by atoms with Gasteiger partial charge in [0.05, 0.1) is 101 Å². The fraction of sp³-hybridized carbons (Fsp3) is 0.0899. The van der Waals surface area contributed by atoms with Crippen molar-refractivity contribution in [1.82, 2.24) is 33.2 Å². The summed E-state index contributed by atoms with van der Waals surface area (Å²) >= 11 is 0. The molecule has 0 aliphatic carbocycles. The van der Waals surface area contributed by atoms with Gasteiger partial charge < -0.3 is 18.3 Å². The summed E-state index contributed by atoms with van der Waals surface area (Å²) < 4.78 is 10.3. The van der Waals surface area contributed by atoms with Crippen LogP contribution in [0.15, 0.2) is 261 Å². The van der Waals surface area contributed by atoms with Crippen LogP contribution >= 0.6 is 0 Å². The highest BCUT2D eigenvalue weighted by molar-refractivity contribution is 6.19. The van der Waals surface area contributed by atoms with E-state index in [0.717, 1.165) is 161 Å². The fourth-order valence-corrected chi connectivity index (χ4v) is 15.4. The number of aromatic nitrogens is 7. The van der Waals surface area contributed by atoms with Gasteiger partial charge in [-0.1, -0.05) is 190 Å². The van der Waals surface area contributed by atoms with Gasteiger partial charge in [0.1, 0.15) is 0 Å². The first kappa shape index (κ1) is 56.8. The molecule has 458 valence electrons. The Bertz CT molecular complexity index is 5980. The predicted octanol–water partition coefficient (Wildman–Crippen LogP) is 23.1. The molecular weight excluding hydrogens is 1170 g/mol. The molecule has 96 heavy (non-hydrogen) atoms. The van der Waals surface area contributed by atoms with Gasteiger partial charge in [0.25, 0.3) is 0 Å². The summed E-state index contributed by atoms with van der Waals surface area (Å²) in [6.45, 7) is 17.7. The Morgan fingerprint density at radius 1 is 0.198 bits per heavy atom. The molecule has 0 N–H and O–H groups in total. The van der Waals surface area contributed by atoms with E-state index in [0.29, 0.717) is 5.82 Å². The third kappa shape index (κ3) is 8.91. The van der Waals surface area contributed by atoms with E-state index < -0.39 is 0 Å². The number of nitrogens with zero attached hydrogens (tertiary/aromatic N) is 7. The van der Waals surface area contributed by atoms with E-state index in [9.17, 15) is 0 Å². The number of benzene rings is 12. The van der Waals surface area contributed by atoms with E-state index in [4.69, 9.17) is 15.0 Å². The molecule has 7 nitrogen and oxygen atoms in total. The molecule has 0 aliphatic heterocycles. The van der Waals surface area contributed by atoms with E-state index in [1.165, 1.54) is 44.5 Å². The van der Waals surface area contributed by atoms with E-state index in [1.807, 2.05) is 0 Å². The second-order valence-corrected chi connectivity index (χ2v) is 26.6. The van der Waals surface area contributed by atoms with Gasteiger partial charge in [-0.15, -0.1) is 0 Å². The second kappa shape index (κ2) is 21.8. The zero-order chi connectivity index (χ0) is 64.8. The van der Waals surface area contributed by atoms with Crippen LogP contribution < -0.4 is 0 Å². The smallest absolute Gasteiger partial charge is 0.164 e. The molecule has 18 rings (SSSR count). The Kier molecular flexibility index (Phi) is 12.9. The first-order valence-corrected chi connectivity index (χ1v) is 33.2. The van der Waals surface area contributed by atoms with Crippen LogP contribution in [0.25, 0.3) is 166 Å². The average molecular weight is 1230 g/mol. The van der Waals surface area contributed by atoms with Crippen LogP contribution in [-0.2, 0) is 0 Å². The summed E-state index contributed by atoms with van der Waals surface area (Å²) in [5, 5.41) is 9.23. The van der Waals surface area contributed by atoms with Crippen molar-refractivity contribution in [3.8, 4) is 79.2 Å². The average Bonchev–Trinajstić information content (AvgIpc) is 1.43. The Morgan fingerprint density at radius 2 is 0.458 bits per heavy atom. The maximum atomic E-state index is 6.12. The number of hydrogen-bond donors (Lipinski definition) is 0. The van der Waals surface area contributed by atoms with Gasteiger partial charge in [-0.25, -0.2) is 15.0 Å². The molecule has 18 aromatic rings. The minimum absolute atomic E-state index is 0.554. The number of pyridine rings is 1. The highest BCUT2D eigenvalue weighted by Gasteiger charge is 2.37. The molecule has 0 aliphatic rings. The predicted molar refractivity (Wildman–Crippen MR) is 402 cm³/mol. The molecule has 0 spiro atoms. The summed E-state index contributed by atoms with van der Waals surface area (Å²) in [4.78, 5) is 18.3. The van der Waals surface area contributed by atoms with Gasteiger partial charge in [0.2, 0.25) is 0 Å². The molecule has 0 fully saturated rings. The molecule has 0 atom stereocenters. The molecule has 6 aromatic heterocycles. The molecule has 0 amide bonds. The number of hydrogen-bond acceptors (Lipinski definition) is 3. The minimum Gasteiger partial charge on any atom is -0.308 e. The van der Waals surface area contributed by atoms with Crippen LogP contribution in [0.2, 0.25) is 0 Å². The van der Waals surface area contributed by atoms with Crippen molar-refractivity contribution in [2.45, 2.75) is 55.4 Å². The van der Waals surface area contributed by atoms with Crippen LogP contribution in [0.5, 0.6) is 0 Å². The molecule has 0 unspecified atom stereocenters. The lowest BCUT2D eigenvalue weighted by atomic mass is 9.93. The summed E-state index contributed by atoms with van der Waals surface area (Å²) in [5.41, 5.74) is 29.5. The third-order valence-electron chi connectivity index (χ3n) is 19.8. The standard InChI is InChI=1S/C89H67N7/c1-52-27-35-75-63(43-52)64-44-53(2)28-36-76(64)93(75)85-83(72-26-18-25-71(90-72)60-19-12-9-13-20-60)86(94-77-37-29-54(3)45-65(77)66-46-55(4)30-38-78(66)94)88(96-81-41-33-58(7)49-69(81)70-50-59(8)34-42-82(70)96)87(95-79-39-31-56(5)47-67(79)68-48-57(6)32-40-80(68)95)84(85)89-91-73(61-21-14-10-15-22-61)51-74(92-89)62-23-16-11-17-24-62/h9-51H,1-8H3. The van der Waals surface area contributed by atoms with Crippen LogP contribution in [0.3, 0.4) is 0 Å². The highest BCUT2D eigenvalue weighted by atomic mass is 15.1. The molecule has 7 heteroatoms. The molecule has 0 bridgehead atoms. The SMILES string of the molecule is Cc1ccc2c(c1)c1cc(C)ccc1n2-c1c(-c2cccc(-c3ccccc3)n2)c(-n2c3ccc(C)cc3c3cc(C)ccc32)c(-n2c3ccc(C)cc3c3cc(C)ccc32)c(-n2c3ccc(C)cc3c3cc(C)ccc32)c1-c1nc(-c2ccccc2)cc(-c2ccccc2)n1. The zero-order valence-electron chi connectivity index (χ0n) is 55.0. The lowest BCUT2D eigenvalue weighted by Gasteiger charge is -2.31. The van der Waals surface area contributed by atoms with Crippen molar-refractivity contribution in [2.24, 2.45) is 0 Å². The Balaban J connectivity index is 1.23. The minimum atomic E-state index is 0.554. The maximum Gasteiger partial charge on any atom is 0.164 e. The van der Waals surface area contributed by atoms with E-state index in [2.05, 4.69) is 335 Å². The molecule has 0 radical (unpaired) electrons. The van der Waals surface area contributed by atoms with Gasteiger partial charge >= 0.3 is 0 Å². The number of fused-ring (bicyclic) bond motifs is 12. The van der Waals surface area contributed by atoms with E-state index >= 15 is 0 Å². The van der Waals surface area contributed by atoms with Crippen molar-refractivity contribution in [2.75, 3.05) is 0 Å². The zero-order valence-corrected chi connectivity index (χ0v) is 55.0. The summed E-state index contributed by atoms with van der Waals surface area (Å²) in [5.74, 6) is 0.554. The van der Waals surface area contributed by atoms with Crippen LogP contribution in [0.4, 0.5) is 0 Å². The Labute approximate surface area is 557 Å². The Hall–Kier alpha value is -11.9. The molecule has 6 heterocycles. The van der Waals surface area contributed by atoms with Crippen molar-refractivity contribution in [3.05, 3.63) is 305 Å². The first-order chi connectivity index (χ1) is 46.9.